The summed E-state index contributed by atoms with van der Waals surface area (Å²) in [6.45, 7) is 3.21. The highest BCUT2D eigenvalue weighted by atomic mass is 35.5. The van der Waals surface area contributed by atoms with Gasteiger partial charge in [0, 0.05) is 0 Å². The van der Waals surface area contributed by atoms with Crippen molar-refractivity contribution in [1.82, 2.24) is 4.98 Å². The van der Waals surface area contributed by atoms with Crippen LogP contribution in [0.3, 0.4) is 0 Å². The van der Waals surface area contributed by atoms with E-state index in [1.807, 2.05) is 0 Å². The average Bonchev–Trinajstić information content (AvgIpc) is 2.15. The van der Waals surface area contributed by atoms with Crippen molar-refractivity contribution in [3.05, 3.63) is 31.5 Å². The molecular formula is C9H8Cl2N2O4. The van der Waals surface area contributed by atoms with Crippen LogP contribution in [0.25, 0.3) is 0 Å². The third kappa shape index (κ3) is 2.65. The van der Waals surface area contributed by atoms with Crippen LogP contribution in [-0.4, -0.2) is 22.5 Å². The first-order valence-electron chi connectivity index (χ1n) is 4.57. The summed E-state index contributed by atoms with van der Waals surface area (Å²) in [5, 5.41) is 10.0. The molecule has 0 spiro atoms. The lowest BCUT2D eigenvalue weighted by molar-refractivity contribution is -0.384. The Morgan fingerprint density at radius 1 is 1.53 bits per heavy atom. The van der Waals surface area contributed by atoms with Crippen LogP contribution < -0.4 is 0 Å². The van der Waals surface area contributed by atoms with Crippen LogP contribution in [0.15, 0.2) is 0 Å². The molecule has 0 fully saturated rings. The molecule has 1 rings (SSSR count). The molecule has 0 aliphatic heterocycles. The third-order valence-corrected chi connectivity index (χ3v) is 2.54. The van der Waals surface area contributed by atoms with Crippen LogP contribution in [-0.2, 0) is 4.74 Å². The maximum atomic E-state index is 11.6. The zero-order valence-corrected chi connectivity index (χ0v) is 10.5. The molecule has 0 saturated carbocycles. The van der Waals surface area contributed by atoms with E-state index >= 15 is 0 Å². The van der Waals surface area contributed by atoms with Gasteiger partial charge in [-0.25, -0.2) is 9.78 Å². The van der Waals surface area contributed by atoms with Gasteiger partial charge in [-0.2, -0.15) is 0 Å². The number of esters is 1. The number of carbonyl (C=O) groups is 1. The summed E-state index contributed by atoms with van der Waals surface area (Å²) >= 11 is 11.4. The van der Waals surface area contributed by atoms with Gasteiger partial charge in [-0.15, -0.1) is 0 Å². The highest BCUT2D eigenvalue weighted by Crippen LogP contribution is 2.35. The van der Waals surface area contributed by atoms with Crippen molar-refractivity contribution in [1.29, 1.82) is 0 Å². The van der Waals surface area contributed by atoms with Gasteiger partial charge in [-0.3, -0.25) is 10.1 Å². The molecule has 0 unspecified atom stereocenters. The van der Waals surface area contributed by atoms with Crippen molar-refractivity contribution in [2.75, 3.05) is 6.61 Å². The van der Waals surface area contributed by atoms with Crippen molar-refractivity contribution in [2.24, 2.45) is 0 Å². The lowest BCUT2D eigenvalue weighted by Crippen LogP contribution is -2.10. The Kier molecular flexibility index (Phi) is 4.25. The Hall–Kier alpha value is -1.40. The van der Waals surface area contributed by atoms with Crippen LogP contribution >= 0.6 is 23.2 Å². The van der Waals surface area contributed by atoms with E-state index in [0.29, 0.717) is 0 Å². The van der Waals surface area contributed by atoms with Crippen LogP contribution in [0.1, 0.15) is 23.0 Å². The van der Waals surface area contributed by atoms with E-state index in [1.165, 1.54) is 6.92 Å². The van der Waals surface area contributed by atoms with Gasteiger partial charge in [0.2, 0.25) is 5.15 Å². The molecule has 0 N–H and O–H groups in total. The molecule has 1 heterocycles. The van der Waals surface area contributed by atoms with Crippen LogP contribution in [0, 0.1) is 17.0 Å². The summed E-state index contributed by atoms with van der Waals surface area (Å²) in [6, 6.07) is 0. The summed E-state index contributed by atoms with van der Waals surface area (Å²) < 4.78 is 4.74. The standard InChI is InChI=1S/C9H8Cl2N2O4/c1-3-17-9(14)5-4(2)12-8(11)7(6(5)10)13(15)16/h3H2,1-2H3. The first kappa shape index (κ1) is 13.7. The second-order valence-electron chi connectivity index (χ2n) is 3.00. The third-order valence-electron chi connectivity index (χ3n) is 1.91. The van der Waals surface area contributed by atoms with Crippen molar-refractivity contribution in [3.8, 4) is 0 Å². The summed E-state index contributed by atoms with van der Waals surface area (Å²) in [5.41, 5.74) is -0.546. The first-order valence-corrected chi connectivity index (χ1v) is 5.32. The fourth-order valence-electron chi connectivity index (χ4n) is 1.22. The Balaban J connectivity index is 3.46. The Bertz CT molecular complexity index is 490. The molecule has 0 bridgehead atoms. The highest BCUT2D eigenvalue weighted by molar-refractivity contribution is 6.39. The molecule has 1 aromatic rings. The Labute approximate surface area is 107 Å². The molecule has 0 aliphatic rings. The van der Waals surface area contributed by atoms with Crippen molar-refractivity contribution in [3.63, 3.8) is 0 Å². The topological polar surface area (TPSA) is 82.3 Å². The van der Waals surface area contributed by atoms with Gasteiger partial charge in [-0.05, 0) is 13.8 Å². The Morgan fingerprint density at radius 3 is 2.59 bits per heavy atom. The van der Waals surface area contributed by atoms with E-state index in [-0.39, 0.29) is 28.0 Å². The minimum atomic E-state index is -0.792. The van der Waals surface area contributed by atoms with Gasteiger partial charge < -0.3 is 4.74 Å². The molecule has 0 aliphatic carbocycles. The van der Waals surface area contributed by atoms with E-state index in [1.54, 1.807) is 6.92 Å². The van der Waals surface area contributed by atoms with E-state index in [4.69, 9.17) is 27.9 Å². The first-order chi connectivity index (χ1) is 7.90. The maximum absolute atomic E-state index is 11.6. The molecule has 8 heteroatoms. The highest BCUT2D eigenvalue weighted by Gasteiger charge is 2.28. The molecule has 6 nitrogen and oxygen atoms in total. The number of hydrogen-bond donors (Lipinski definition) is 0. The van der Waals surface area contributed by atoms with Gasteiger partial charge in [0.25, 0.3) is 0 Å². The average molecular weight is 279 g/mol. The fraction of sp³-hybridized carbons (Fsp3) is 0.333. The van der Waals surface area contributed by atoms with Crippen molar-refractivity contribution >= 4 is 34.9 Å². The number of carbonyl (C=O) groups excluding carboxylic acids is 1. The summed E-state index contributed by atoms with van der Waals surface area (Å²) in [6.07, 6.45) is 0. The summed E-state index contributed by atoms with van der Waals surface area (Å²) in [4.78, 5) is 25.2. The van der Waals surface area contributed by atoms with E-state index in [9.17, 15) is 14.9 Å². The lowest BCUT2D eigenvalue weighted by atomic mass is 10.2. The molecule has 0 amide bonds. The zero-order chi connectivity index (χ0) is 13.2. The number of nitro groups is 1. The van der Waals surface area contributed by atoms with Crippen LogP contribution in [0.2, 0.25) is 10.2 Å². The summed E-state index contributed by atoms with van der Waals surface area (Å²) in [7, 11) is 0. The van der Waals surface area contributed by atoms with E-state index in [2.05, 4.69) is 4.98 Å². The zero-order valence-electron chi connectivity index (χ0n) is 8.99. The largest absolute Gasteiger partial charge is 0.462 e. The predicted molar refractivity (Wildman–Crippen MR) is 61.6 cm³/mol. The molecule has 17 heavy (non-hydrogen) atoms. The smallest absolute Gasteiger partial charge is 0.341 e. The number of halogens is 2. The molecule has 92 valence electrons. The van der Waals surface area contributed by atoms with E-state index < -0.39 is 16.6 Å². The minimum Gasteiger partial charge on any atom is -0.462 e. The van der Waals surface area contributed by atoms with Crippen LogP contribution in [0.4, 0.5) is 5.69 Å². The van der Waals surface area contributed by atoms with Gasteiger partial charge in [-0.1, -0.05) is 23.2 Å². The molecular weight excluding hydrogens is 271 g/mol. The van der Waals surface area contributed by atoms with Gasteiger partial charge in [0.1, 0.15) is 10.6 Å². The molecule has 0 aromatic carbocycles. The SMILES string of the molecule is CCOC(=O)c1c(C)nc(Cl)c([N+](=O)[O-])c1Cl. The number of nitrogens with zero attached hydrogens (tertiary/aromatic N) is 2. The minimum absolute atomic E-state index is 0.130. The number of aryl methyl sites for hydroxylation is 1. The Morgan fingerprint density at radius 2 is 2.12 bits per heavy atom. The van der Waals surface area contributed by atoms with Gasteiger partial charge >= 0.3 is 11.7 Å². The fourth-order valence-corrected chi connectivity index (χ4v) is 1.93. The van der Waals surface area contributed by atoms with Crippen molar-refractivity contribution in [2.45, 2.75) is 13.8 Å². The molecule has 0 saturated heterocycles. The van der Waals surface area contributed by atoms with Crippen molar-refractivity contribution < 1.29 is 14.5 Å². The molecule has 0 radical (unpaired) electrons. The second kappa shape index (κ2) is 5.29. The normalized spacial score (nSPS) is 10.1. The quantitative estimate of drug-likeness (QED) is 0.367. The van der Waals surface area contributed by atoms with Gasteiger partial charge in [0.15, 0.2) is 0 Å². The maximum Gasteiger partial charge on any atom is 0.341 e. The monoisotopic (exact) mass is 278 g/mol. The van der Waals surface area contributed by atoms with Gasteiger partial charge in [0.05, 0.1) is 17.2 Å². The van der Waals surface area contributed by atoms with E-state index in [0.717, 1.165) is 0 Å². The van der Waals surface area contributed by atoms with Crippen LogP contribution in [0.5, 0.6) is 0 Å². The second-order valence-corrected chi connectivity index (χ2v) is 3.74. The molecule has 1 aromatic heterocycles. The molecule has 0 atom stereocenters. The predicted octanol–water partition coefficient (Wildman–Crippen LogP) is 2.78. The number of rotatable bonds is 3. The number of hydrogen-bond acceptors (Lipinski definition) is 5. The number of aromatic nitrogens is 1. The summed E-state index contributed by atoms with van der Waals surface area (Å²) in [5.74, 6) is -0.762. The number of pyridine rings is 1. The lowest BCUT2D eigenvalue weighted by Gasteiger charge is -2.07. The number of ether oxygens (including phenoxy) is 1.